The molecule has 8 nitrogen and oxygen atoms in total. The predicted molar refractivity (Wildman–Crippen MR) is 122 cm³/mol. The van der Waals surface area contributed by atoms with Gasteiger partial charge in [0.15, 0.2) is 17.2 Å². The predicted octanol–water partition coefficient (Wildman–Crippen LogP) is 4.57. The van der Waals surface area contributed by atoms with Crippen LogP contribution in [-0.2, 0) is 16.0 Å². The maximum atomic E-state index is 12.3. The van der Waals surface area contributed by atoms with Gasteiger partial charge in [0.2, 0.25) is 5.90 Å². The lowest BCUT2D eigenvalue weighted by molar-refractivity contribution is -0.384. The first kappa shape index (κ1) is 21.8. The van der Waals surface area contributed by atoms with Crippen LogP contribution in [0.15, 0.2) is 83.5 Å². The van der Waals surface area contributed by atoms with Gasteiger partial charge in [-0.15, -0.1) is 0 Å². The van der Waals surface area contributed by atoms with Crippen LogP contribution < -0.4 is 9.47 Å². The van der Waals surface area contributed by atoms with Crippen LogP contribution in [0.1, 0.15) is 16.7 Å². The number of nitrogens with zero attached hydrogens (tertiary/aromatic N) is 2. The second kappa shape index (κ2) is 9.78. The maximum absolute atomic E-state index is 12.3. The molecule has 0 N–H and O–H groups in total. The standard InChI is InChI=1S/C25H20N2O6/c1-31-23-15-18(10-11-22(23)32-13-12-17-6-3-2-4-7-17)14-21-25(28)33-24(26-21)19-8-5-9-20(16-19)27(29)30/h2-11,14-16H,12-13H2,1H3/b21-14-. The highest BCUT2D eigenvalue weighted by Crippen LogP contribution is 2.30. The molecular weight excluding hydrogens is 424 g/mol. The topological polar surface area (TPSA) is 100 Å². The Balaban J connectivity index is 1.50. The van der Waals surface area contributed by atoms with Gasteiger partial charge >= 0.3 is 5.97 Å². The normalized spacial score (nSPS) is 14.0. The molecule has 0 atom stereocenters. The quantitative estimate of drug-likeness (QED) is 0.218. The van der Waals surface area contributed by atoms with Crippen molar-refractivity contribution in [3.05, 3.63) is 105 Å². The number of rotatable bonds is 8. The average molecular weight is 444 g/mol. The maximum Gasteiger partial charge on any atom is 0.363 e. The van der Waals surface area contributed by atoms with E-state index >= 15 is 0 Å². The van der Waals surface area contributed by atoms with E-state index in [9.17, 15) is 14.9 Å². The van der Waals surface area contributed by atoms with Crippen LogP contribution in [0.4, 0.5) is 5.69 Å². The van der Waals surface area contributed by atoms with E-state index in [1.807, 2.05) is 30.3 Å². The lowest BCUT2D eigenvalue weighted by Gasteiger charge is -2.11. The van der Waals surface area contributed by atoms with Crippen LogP contribution in [0.5, 0.6) is 11.5 Å². The van der Waals surface area contributed by atoms with Gasteiger partial charge in [-0.1, -0.05) is 42.5 Å². The summed E-state index contributed by atoms with van der Waals surface area (Å²) < 4.78 is 16.5. The summed E-state index contributed by atoms with van der Waals surface area (Å²) in [5.74, 6) is 0.485. The number of esters is 1. The molecule has 8 heteroatoms. The Bertz CT molecular complexity index is 1250. The summed E-state index contributed by atoms with van der Waals surface area (Å²) in [6.07, 6.45) is 2.32. The van der Waals surface area contributed by atoms with E-state index in [2.05, 4.69) is 4.99 Å². The first-order chi connectivity index (χ1) is 16.0. The molecule has 0 bridgehead atoms. The number of ether oxygens (including phenoxy) is 3. The van der Waals surface area contributed by atoms with Crippen molar-refractivity contribution in [1.82, 2.24) is 0 Å². The minimum Gasteiger partial charge on any atom is -0.493 e. The van der Waals surface area contributed by atoms with Gasteiger partial charge in [0, 0.05) is 24.1 Å². The smallest absolute Gasteiger partial charge is 0.363 e. The van der Waals surface area contributed by atoms with Gasteiger partial charge in [0.05, 0.1) is 18.6 Å². The van der Waals surface area contributed by atoms with Crippen molar-refractivity contribution < 1.29 is 23.9 Å². The monoisotopic (exact) mass is 444 g/mol. The molecule has 33 heavy (non-hydrogen) atoms. The Morgan fingerprint density at radius 3 is 2.61 bits per heavy atom. The number of cyclic esters (lactones) is 1. The van der Waals surface area contributed by atoms with Crippen molar-refractivity contribution in [3.8, 4) is 11.5 Å². The molecule has 3 aromatic rings. The van der Waals surface area contributed by atoms with E-state index in [4.69, 9.17) is 14.2 Å². The Morgan fingerprint density at radius 1 is 1.03 bits per heavy atom. The van der Waals surface area contributed by atoms with Crippen LogP contribution >= 0.6 is 0 Å². The molecule has 0 aliphatic carbocycles. The fourth-order valence-corrected chi connectivity index (χ4v) is 3.26. The molecule has 1 aliphatic heterocycles. The van der Waals surface area contributed by atoms with Gasteiger partial charge in [0.1, 0.15) is 0 Å². The Kier molecular flexibility index (Phi) is 6.45. The number of hydrogen-bond acceptors (Lipinski definition) is 7. The lowest BCUT2D eigenvalue weighted by Crippen LogP contribution is -2.05. The molecule has 0 spiro atoms. The van der Waals surface area contributed by atoms with Crippen molar-refractivity contribution in [2.24, 2.45) is 4.99 Å². The summed E-state index contributed by atoms with van der Waals surface area (Å²) in [4.78, 5) is 27.0. The Hall–Kier alpha value is -4.46. The molecule has 1 heterocycles. The van der Waals surface area contributed by atoms with E-state index in [0.717, 1.165) is 6.42 Å². The van der Waals surface area contributed by atoms with Gasteiger partial charge in [-0.25, -0.2) is 9.79 Å². The first-order valence-electron chi connectivity index (χ1n) is 10.2. The number of aliphatic imine (C=N–C) groups is 1. The summed E-state index contributed by atoms with van der Waals surface area (Å²) >= 11 is 0. The summed E-state index contributed by atoms with van der Waals surface area (Å²) in [7, 11) is 1.54. The SMILES string of the molecule is COc1cc(/C=C2\N=C(c3cccc([N+](=O)[O-])c3)OC2=O)ccc1OCCc1ccccc1. The van der Waals surface area contributed by atoms with Crippen LogP contribution in [0.3, 0.4) is 0 Å². The van der Waals surface area contributed by atoms with E-state index < -0.39 is 10.9 Å². The molecule has 0 aromatic heterocycles. The molecule has 0 radical (unpaired) electrons. The highest BCUT2D eigenvalue weighted by atomic mass is 16.6. The number of methoxy groups -OCH3 is 1. The van der Waals surface area contributed by atoms with Crippen LogP contribution in [-0.4, -0.2) is 30.5 Å². The molecule has 4 rings (SSSR count). The number of nitro groups is 1. The molecule has 0 saturated heterocycles. The molecule has 0 fully saturated rings. The average Bonchev–Trinajstić information content (AvgIpc) is 3.20. The van der Waals surface area contributed by atoms with Crippen LogP contribution in [0, 0.1) is 10.1 Å². The zero-order chi connectivity index (χ0) is 23.2. The van der Waals surface area contributed by atoms with Gasteiger partial charge < -0.3 is 14.2 Å². The first-order valence-corrected chi connectivity index (χ1v) is 10.2. The van der Waals surface area contributed by atoms with Gasteiger partial charge in [-0.05, 0) is 35.4 Å². The molecule has 166 valence electrons. The highest BCUT2D eigenvalue weighted by Gasteiger charge is 2.25. The van der Waals surface area contributed by atoms with Gasteiger partial charge in [0.25, 0.3) is 5.69 Å². The molecule has 0 unspecified atom stereocenters. The van der Waals surface area contributed by atoms with E-state index in [0.29, 0.717) is 29.2 Å². The zero-order valence-corrected chi connectivity index (χ0v) is 17.8. The number of carbonyl (C=O) groups is 1. The summed E-state index contributed by atoms with van der Waals surface area (Å²) in [6.45, 7) is 0.490. The van der Waals surface area contributed by atoms with Crippen molar-refractivity contribution in [2.45, 2.75) is 6.42 Å². The second-order valence-electron chi connectivity index (χ2n) is 7.14. The van der Waals surface area contributed by atoms with Crippen LogP contribution in [0.2, 0.25) is 0 Å². The molecule has 0 saturated carbocycles. The fourth-order valence-electron chi connectivity index (χ4n) is 3.26. The number of carbonyl (C=O) groups excluding carboxylic acids is 1. The molecule has 0 amide bonds. The summed E-state index contributed by atoms with van der Waals surface area (Å²) in [5, 5.41) is 11.0. The lowest BCUT2D eigenvalue weighted by atomic mass is 10.1. The number of benzene rings is 3. The third kappa shape index (κ3) is 5.24. The minimum atomic E-state index is -0.640. The zero-order valence-electron chi connectivity index (χ0n) is 17.8. The highest BCUT2D eigenvalue weighted by molar-refractivity contribution is 6.13. The second-order valence-corrected chi connectivity index (χ2v) is 7.14. The van der Waals surface area contributed by atoms with Crippen molar-refractivity contribution in [3.63, 3.8) is 0 Å². The molecule has 3 aromatic carbocycles. The third-order valence-corrected chi connectivity index (χ3v) is 4.91. The van der Waals surface area contributed by atoms with Crippen molar-refractivity contribution in [1.29, 1.82) is 0 Å². The Labute approximate surface area is 189 Å². The van der Waals surface area contributed by atoms with Crippen molar-refractivity contribution >= 4 is 23.6 Å². The summed E-state index contributed by atoms with van der Waals surface area (Å²) in [6, 6.07) is 21.1. The number of hydrogen-bond donors (Lipinski definition) is 0. The van der Waals surface area contributed by atoms with Gasteiger partial charge in [-0.3, -0.25) is 10.1 Å². The van der Waals surface area contributed by atoms with Crippen molar-refractivity contribution in [2.75, 3.05) is 13.7 Å². The summed E-state index contributed by atoms with van der Waals surface area (Å²) in [5.41, 5.74) is 2.15. The number of non-ortho nitro benzene ring substituents is 1. The largest absolute Gasteiger partial charge is 0.493 e. The Morgan fingerprint density at radius 2 is 1.85 bits per heavy atom. The van der Waals surface area contributed by atoms with Crippen LogP contribution in [0.25, 0.3) is 6.08 Å². The fraction of sp³-hybridized carbons (Fsp3) is 0.120. The van der Waals surface area contributed by atoms with Gasteiger partial charge in [-0.2, -0.15) is 0 Å². The molecule has 1 aliphatic rings. The third-order valence-electron chi connectivity index (χ3n) is 4.91. The minimum absolute atomic E-state index is 0.0165. The van der Waals surface area contributed by atoms with E-state index in [-0.39, 0.29) is 17.3 Å². The number of nitro benzene ring substituents is 1. The van der Waals surface area contributed by atoms with E-state index in [1.165, 1.54) is 23.8 Å². The van der Waals surface area contributed by atoms with E-state index in [1.54, 1.807) is 37.5 Å². The molecular formula is C25H20N2O6.